The largest absolute Gasteiger partial charge is 0.508 e. The number of thioether (sulfide) groups is 2. The summed E-state index contributed by atoms with van der Waals surface area (Å²) in [4.78, 5) is 100. The quantitative estimate of drug-likeness (QED) is 0.0542. The average molecular weight is 824 g/mol. The summed E-state index contributed by atoms with van der Waals surface area (Å²) < 4.78 is 16.3. The van der Waals surface area contributed by atoms with Gasteiger partial charge >= 0.3 is 11.9 Å². The zero-order chi connectivity index (χ0) is 40.5. The molecule has 0 radical (unpaired) electrons. The zero-order valence-electron chi connectivity index (χ0n) is 29.2. The molecule has 1 aromatic carbocycles. The van der Waals surface area contributed by atoms with Gasteiger partial charge in [0.1, 0.15) is 46.7 Å². The number of piperazine rings is 1. The molecule has 3 aliphatic rings. The lowest BCUT2D eigenvalue weighted by molar-refractivity contribution is -0.151. The first kappa shape index (κ1) is 38.7. The minimum atomic E-state index is -1.54. The van der Waals surface area contributed by atoms with Crippen molar-refractivity contribution in [2.24, 2.45) is 0 Å². The van der Waals surface area contributed by atoms with Gasteiger partial charge < -0.3 is 40.7 Å². The van der Waals surface area contributed by atoms with Crippen molar-refractivity contribution in [3.8, 4) is 5.75 Å². The number of amides is 4. The van der Waals surface area contributed by atoms with Crippen molar-refractivity contribution in [3.05, 3.63) is 75.0 Å². The number of anilines is 1. The summed E-state index contributed by atoms with van der Waals surface area (Å²) in [6.07, 6.45) is 1.77. The summed E-state index contributed by atoms with van der Waals surface area (Å²) in [5.41, 5.74) is -1.21. The zero-order valence-corrected chi connectivity index (χ0v) is 30.8. The summed E-state index contributed by atoms with van der Waals surface area (Å²) in [6.45, 7) is 0.801. The van der Waals surface area contributed by atoms with Gasteiger partial charge in [0, 0.05) is 43.9 Å². The number of β-lactam (4-membered cyclic amide) rings is 1. The average Bonchev–Trinajstić information content (AvgIpc) is 3.64. The minimum Gasteiger partial charge on any atom is -0.508 e. The molecule has 3 aromatic heterocycles. The number of nitrogens with zero attached hydrogens (tertiary/aromatic N) is 8. The van der Waals surface area contributed by atoms with E-state index >= 15 is 4.39 Å². The number of phenols is 1. The molecule has 0 saturated carbocycles. The predicted molar refractivity (Wildman–Crippen MR) is 196 cm³/mol. The number of halogens is 1. The van der Waals surface area contributed by atoms with Crippen LogP contribution in [0.1, 0.15) is 22.0 Å². The van der Waals surface area contributed by atoms with Gasteiger partial charge in [0.25, 0.3) is 11.8 Å². The molecule has 2 fully saturated rings. The van der Waals surface area contributed by atoms with Crippen LogP contribution in [-0.4, -0.2) is 140 Å². The monoisotopic (exact) mass is 823 g/mol. The number of aromatic hydroxyl groups is 1. The minimum absolute atomic E-state index is 0.00775. The molecule has 296 valence electrons. The molecule has 2 saturated heterocycles. The molecule has 6 N–H and O–H groups in total. The van der Waals surface area contributed by atoms with Crippen LogP contribution in [0.3, 0.4) is 0 Å². The number of benzene rings is 1. The van der Waals surface area contributed by atoms with E-state index in [0.29, 0.717) is 38.2 Å². The Morgan fingerprint density at radius 2 is 1.84 bits per heavy atom. The number of nitrogens with one attached hydrogen (secondary N) is 3. The number of rotatable bonds is 13. The van der Waals surface area contributed by atoms with Crippen molar-refractivity contribution in [2.75, 3.05) is 42.6 Å². The fourth-order valence-corrected chi connectivity index (χ4v) is 8.79. The Kier molecular flexibility index (Phi) is 10.8. The van der Waals surface area contributed by atoms with Crippen LogP contribution in [0.25, 0.3) is 11.0 Å². The van der Waals surface area contributed by atoms with Gasteiger partial charge in [-0.2, -0.15) is 0 Å². The van der Waals surface area contributed by atoms with Gasteiger partial charge in [0.2, 0.25) is 22.9 Å². The number of carbonyl (C=O) groups excluding carboxylic acids is 4. The highest BCUT2D eigenvalue weighted by atomic mass is 32.2. The summed E-state index contributed by atoms with van der Waals surface area (Å²) >= 11 is 2.15. The third-order valence-corrected chi connectivity index (χ3v) is 11.7. The van der Waals surface area contributed by atoms with E-state index in [1.54, 1.807) is 4.90 Å². The van der Waals surface area contributed by atoms with Crippen LogP contribution < -0.4 is 21.0 Å². The van der Waals surface area contributed by atoms with Gasteiger partial charge in [0.15, 0.2) is 11.6 Å². The number of pyridine rings is 2. The maximum Gasteiger partial charge on any atom is 0.352 e. The number of carboxylic acids is 2. The highest BCUT2D eigenvalue weighted by molar-refractivity contribution is 8.01. The predicted octanol–water partition coefficient (Wildman–Crippen LogP) is -0.881. The number of aliphatic carboxylic acids is 2. The highest BCUT2D eigenvalue weighted by Gasteiger charge is 2.54. The molecule has 3 atom stereocenters. The van der Waals surface area contributed by atoms with E-state index in [-0.39, 0.29) is 50.5 Å². The number of aromatic amines is 1. The SMILES string of the molecule is O=CN1CCN(c2nc3[nH]cc(C(=O)NC(C(=O)NC4C(=O)N5C(C(=O)O)=C(CSc6nnnn6CC(=O)O)CS[C@@H]45)c4ccc(O)cc4)c(=O)c3cc2F)CC1. The third kappa shape index (κ3) is 7.67. The second-order valence-corrected chi connectivity index (χ2v) is 14.9. The maximum absolute atomic E-state index is 15.3. The molecule has 6 heterocycles. The van der Waals surface area contributed by atoms with E-state index in [9.17, 15) is 43.8 Å². The number of tetrazole rings is 1. The highest BCUT2D eigenvalue weighted by Crippen LogP contribution is 2.41. The molecule has 0 aliphatic carbocycles. The summed E-state index contributed by atoms with van der Waals surface area (Å²) in [7, 11) is 0. The molecule has 7 rings (SSSR count). The van der Waals surface area contributed by atoms with Gasteiger partial charge in [-0.25, -0.2) is 18.9 Å². The van der Waals surface area contributed by atoms with Crippen molar-refractivity contribution in [2.45, 2.75) is 29.2 Å². The fourth-order valence-electron chi connectivity index (χ4n) is 6.43. The lowest BCUT2D eigenvalue weighted by Crippen LogP contribution is -2.71. The van der Waals surface area contributed by atoms with Crippen LogP contribution in [0.15, 0.2) is 57.7 Å². The van der Waals surface area contributed by atoms with Gasteiger partial charge in [-0.05, 0) is 39.8 Å². The molecule has 21 nitrogen and oxygen atoms in total. The summed E-state index contributed by atoms with van der Waals surface area (Å²) in [6, 6.07) is 3.38. The van der Waals surface area contributed by atoms with Gasteiger partial charge in [-0.3, -0.25) is 33.7 Å². The lowest BCUT2D eigenvalue weighted by atomic mass is 10.0. The van der Waals surface area contributed by atoms with E-state index in [1.807, 2.05) is 0 Å². The number of carbonyl (C=O) groups is 6. The first-order valence-electron chi connectivity index (χ1n) is 16.9. The van der Waals surface area contributed by atoms with Crippen molar-refractivity contribution in [1.29, 1.82) is 0 Å². The second kappa shape index (κ2) is 15.9. The normalized spacial score (nSPS) is 18.5. The van der Waals surface area contributed by atoms with Gasteiger partial charge in [-0.15, -0.1) is 16.9 Å². The Balaban J connectivity index is 1.08. The molecule has 4 aromatic rings. The van der Waals surface area contributed by atoms with Crippen molar-refractivity contribution in [3.63, 3.8) is 0 Å². The molecular formula is C33H30FN11O10S2. The Morgan fingerprint density at radius 3 is 2.53 bits per heavy atom. The molecule has 57 heavy (non-hydrogen) atoms. The van der Waals surface area contributed by atoms with Crippen molar-refractivity contribution >= 4 is 76.4 Å². The van der Waals surface area contributed by atoms with Crippen LogP contribution in [0.2, 0.25) is 0 Å². The second-order valence-electron chi connectivity index (χ2n) is 12.8. The molecule has 0 spiro atoms. The number of carboxylic acid groups (broad SMARTS) is 2. The van der Waals surface area contributed by atoms with Crippen LogP contribution in [-0.2, 0) is 30.5 Å². The first-order valence-corrected chi connectivity index (χ1v) is 18.9. The number of aromatic nitrogens is 6. The van der Waals surface area contributed by atoms with Gasteiger partial charge in [-0.1, -0.05) is 23.9 Å². The Morgan fingerprint density at radius 1 is 1.11 bits per heavy atom. The molecular weight excluding hydrogens is 794 g/mol. The number of H-pyrrole nitrogens is 1. The van der Waals surface area contributed by atoms with E-state index in [4.69, 9.17) is 5.11 Å². The Labute approximate surface area is 327 Å². The standard InChI is InChI=1S/C33H30FN11O10S2/c34-20-9-18-25(50)19(10-35-26(18)38-27(20)43-7-5-42(14-46)6-8-43)28(51)36-22(15-1-3-17(47)4-2-15)29(52)37-23-30(53)45-24(32(54)55)16(12-56-31(23)45)13-57-33-39-40-41-44(33)11-21(48)49/h1-4,9-10,14,22-23,31,47H,5-8,11-13H2,(H,36,51)(H,37,52)(H,48,49)(H,54,55)(H,35,38,50)/t22?,23?,31-/m0/s1. The number of phenolic OH excluding ortho intramolecular Hbond substituents is 1. The molecule has 4 amide bonds. The number of fused-ring (bicyclic) bond motifs is 2. The fraction of sp³-hybridized carbons (Fsp3) is 0.303. The van der Waals surface area contributed by atoms with Crippen molar-refractivity contribution in [1.82, 2.24) is 50.6 Å². The Bertz CT molecular complexity index is 2400. The van der Waals surface area contributed by atoms with Crippen LogP contribution >= 0.6 is 23.5 Å². The number of hydrogen-bond donors (Lipinski definition) is 6. The summed E-state index contributed by atoms with van der Waals surface area (Å²) in [5, 5.41) is 44.0. The third-order valence-electron chi connectivity index (χ3n) is 9.28. The van der Waals surface area contributed by atoms with Crippen LogP contribution in [0.5, 0.6) is 5.75 Å². The molecule has 0 bridgehead atoms. The van der Waals surface area contributed by atoms with E-state index in [2.05, 4.69) is 36.1 Å². The van der Waals surface area contributed by atoms with E-state index in [0.717, 1.165) is 33.6 Å². The van der Waals surface area contributed by atoms with Crippen molar-refractivity contribution < 1.29 is 48.5 Å². The molecule has 2 unspecified atom stereocenters. The first-order chi connectivity index (χ1) is 27.3. The lowest BCUT2D eigenvalue weighted by Gasteiger charge is -2.49. The topological polar surface area (TPSA) is 286 Å². The van der Waals surface area contributed by atoms with E-state index in [1.165, 1.54) is 40.9 Å². The number of hydrogen-bond acceptors (Lipinski definition) is 15. The Hall–Kier alpha value is -6.56. The van der Waals surface area contributed by atoms with E-state index < -0.39 is 70.5 Å². The van der Waals surface area contributed by atoms with Crippen LogP contribution in [0.4, 0.5) is 10.2 Å². The molecule has 3 aliphatic heterocycles. The van der Waals surface area contributed by atoms with Gasteiger partial charge in [0.05, 0.1) is 5.39 Å². The van der Waals surface area contributed by atoms with Crippen LogP contribution in [0, 0.1) is 5.82 Å². The summed E-state index contributed by atoms with van der Waals surface area (Å²) in [5.74, 6) is -6.18. The maximum atomic E-state index is 15.3. The molecule has 24 heteroatoms. The smallest absolute Gasteiger partial charge is 0.352 e.